The first-order valence-corrected chi connectivity index (χ1v) is 8.73. The molecule has 2 N–H and O–H groups in total. The lowest BCUT2D eigenvalue weighted by Gasteiger charge is -2.48. The highest BCUT2D eigenvalue weighted by Crippen LogP contribution is 2.39. The highest BCUT2D eigenvalue weighted by Gasteiger charge is 2.54. The maximum absolute atomic E-state index is 12.1. The Balaban J connectivity index is 1.58. The van der Waals surface area contributed by atoms with Gasteiger partial charge in [-0.3, -0.25) is 0 Å². The Labute approximate surface area is 144 Å². The lowest BCUT2D eigenvalue weighted by Crippen LogP contribution is -2.70. The molecule has 4 atom stereocenters. The molecule has 0 bridgehead atoms. The molecule has 5 heteroatoms. The molecule has 0 spiro atoms. The minimum absolute atomic E-state index is 0.0674. The second kappa shape index (κ2) is 6.73. The molecule has 1 amide bonds. The van der Waals surface area contributed by atoms with E-state index in [2.05, 4.69) is 41.8 Å². The summed E-state index contributed by atoms with van der Waals surface area (Å²) in [5.41, 5.74) is 2.01. The molecule has 4 unspecified atom stereocenters. The summed E-state index contributed by atoms with van der Waals surface area (Å²) >= 11 is 0. The highest BCUT2D eigenvalue weighted by molar-refractivity contribution is 5.68. The van der Waals surface area contributed by atoms with Gasteiger partial charge in [0.2, 0.25) is 0 Å². The zero-order valence-corrected chi connectivity index (χ0v) is 15.0. The number of ether oxygens (including phenoxy) is 2. The Bertz CT molecular complexity index is 579. The van der Waals surface area contributed by atoms with Crippen molar-refractivity contribution in [2.45, 2.75) is 64.4 Å². The van der Waals surface area contributed by atoms with Gasteiger partial charge in [-0.05, 0) is 39.7 Å². The average molecular weight is 332 g/mol. The zero-order valence-electron chi connectivity index (χ0n) is 15.0. The molecule has 2 fully saturated rings. The van der Waals surface area contributed by atoms with Gasteiger partial charge in [-0.25, -0.2) is 4.79 Å². The van der Waals surface area contributed by atoms with E-state index < -0.39 is 5.60 Å². The molecule has 5 nitrogen and oxygen atoms in total. The number of nitrogens with one attached hydrogen (secondary N) is 2. The molecule has 1 aromatic carbocycles. The molecule has 0 radical (unpaired) electrons. The molecule has 1 saturated carbocycles. The first kappa shape index (κ1) is 17.2. The molecule has 1 aliphatic carbocycles. The van der Waals surface area contributed by atoms with Crippen LogP contribution >= 0.6 is 0 Å². The summed E-state index contributed by atoms with van der Waals surface area (Å²) in [6, 6.07) is 8.69. The Morgan fingerprint density at radius 3 is 2.62 bits per heavy atom. The van der Waals surface area contributed by atoms with Gasteiger partial charge in [-0.2, -0.15) is 0 Å². The van der Waals surface area contributed by atoms with Crippen LogP contribution in [0.15, 0.2) is 24.3 Å². The van der Waals surface area contributed by atoms with Crippen LogP contribution in [0, 0.1) is 12.8 Å². The number of aryl methyl sites for hydroxylation is 1. The first-order chi connectivity index (χ1) is 11.3. The Kier molecular flexibility index (Phi) is 4.83. The van der Waals surface area contributed by atoms with Crippen molar-refractivity contribution < 1.29 is 14.3 Å². The van der Waals surface area contributed by atoms with Crippen molar-refractivity contribution in [3.05, 3.63) is 35.4 Å². The first-order valence-electron chi connectivity index (χ1n) is 8.73. The van der Waals surface area contributed by atoms with E-state index in [4.69, 9.17) is 9.47 Å². The number of hydrogen-bond donors (Lipinski definition) is 2. The highest BCUT2D eigenvalue weighted by atomic mass is 16.6. The fourth-order valence-corrected chi connectivity index (χ4v) is 3.53. The lowest BCUT2D eigenvalue weighted by molar-refractivity contribution is -0.0344. The van der Waals surface area contributed by atoms with Crippen LogP contribution in [-0.2, 0) is 16.0 Å². The predicted octanol–water partition coefficient (Wildman–Crippen LogP) is 2.77. The van der Waals surface area contributed by atoms with E-state index in [1.165, 1.54) is 11.1 Å². The number of carbonyl (C=O) groups excluding carboxylic acids is 1. The number of rotatable bonds is 4. The van der Waals surface area contributed by atoms with Crippen molar-refractivity contribution in [2.75, 3.05) is 6.61 Å². The van der Waals surface area contributed by atoms with Gasteiger partial charge in [0.15, 0.2) is 0 Å². The summed E-state index contributed by atoms with van der Waals surface area (Å²) in [5, 5.41) is 6.59. The lowest BCUT2D eigenvalue weighted by atomic mass is 9.71. The fourth-order valence-electron chi connectivity index (χ4n) is 3.53. The van der Waals surface area contributed by atoms with Gasteiger partial charge < -0.3 is 20.1 Å². The second-order valence-corrected chi connectivity index (χ2v) is 7.85. The van der Waals surface area contributed by atoms with E-state index >= 15 is 0 Å². The molecule has 132 valence electrons. The molecule has 0 aromatic heterocycles. The van der Waals surface area contributed by atoms with Crippen LogP contribution in [0.25, 0.3) is 0 Å². The van der Waals surface area contributed by atoms with Gasteiger partial charge in [0, 0.05) is 19.1 Å². The van der Waals surface area contributed by atoms with E-state index in [0.717, 1.165) is 19.6 Å². The maximum Gasteiger partial charge on any atom is 0.407 e. The topological polar surface area (TPSA) is 59.6 Å². The number of alkyl carbamates (subject to hydrolysis) is 1. The molecule has 1 aliphatic heterocycles. The molecule has 2 aliphatic rings. The summed E-state index contributed by atoms with van der Waals surface area (Å²) < 4.78 is 11.2. The van der Waals surface area contributed by atoms with Crippen molar-refractivity contribution >= 4 is 6.09 Å². The number of benzene rings is 1. The van der Waals surface area contributed by atoms with E-state index in [1.54, 1.807) is 0 Å². The normalized spacial score (nSPS) is 28.8. The van der Waals surface area contributed by atoms with Crippen LogP contribution in [0.3, 0.4) is 0 Å². The van der Waals surface area contributed by atoms with Crippen LogP contribution in [0.1, 0.15) is 38.3 Å². The average Bonchev–Trinajstić information content (AvgIpc) is 2.90. The van der Waals surface area contributed by atoms with E-state index in [9.17, 15) is 4.79 Å². The van der Waals surface area contributed by atoms with Crippen molar-refractivity contribution in [3.8, 4) is 0 Å². The summed E-state index contributed by atoms with van der Waals surface area (Å²) in [5.74, 6) is 0.382. The van der Waals surface area contributed by atoms with E-state index in [0.29, 0.717) is 5.92 Å². The van der Waals surface area contributed by atoms with E-state index in [-0.39, 0.29) is 24.3 Å². The number of carbonyl (C=O) groups is 1. The Hall–Kier alpha value is -1.59. The molecule has 24 heavy (non-hydrogen) atoms. The Morgan fingerprint density at radius 1 is 1.25 bits per heavy atom. The standard InChI is InChI=1S/C19H28N2O3/c1-12-5-7-13(8-6-12)11-20-16-15(14-9-10-23-17(14)16)21-18(22)24-19(2,3)4/h5-8,14-17,20H,9-11H2,1-4H3,(H,21,22). The molecular formula is C19H28N2O3. The van der Waals surface area contributed by atoms with Crippen LogP contribution < -0.4 is 10.6 Å². The summed E-state index contributed by atoms with van der Waals surface area (Å²) in [7, 11) is 0. The van der Waals surface area contributed by atoms with Crippen LogP contribution in [0.5, 0.6) is 0 Å². The van der Waals surface area contributed by atoms with Crippen LogP contribution in [0.2, 0.25) is 0 Å². The minimum Gasteiger partial charge on any atom is -0.444 e. The Morgan fingerprint density at radius 2 is 1.96 bits per heavy atom. The predicted molar refractivity (Wildman–Crippen MR) is 92.8 cm³/mol. The van der Waals surface area contributed by atoms with Crippen LogP contribution in [0.4, 0.5) is 4.79 Å². The zero-order chi connectivity index (χ0) is 17.3. The smallest absolute Gasteiger partial charge is 0.407 e. The van der Waals surface area contributed by atoms with Gasteiger partial charge in [0.05, 0.1) is 18.2 Å². The monoisotopic (exact) mass is 332 g/mol. The second-order valence-electron chi connectivity index (χ2n) is 7.85. The minimum atomic E-state index is -0.482. The SMILES string of the molecule is Cc1ccc(CNC2C(NC(=O)OC(C)(C)C)C3CCOC32)cc1. The van der Waals surface area contributed by atoms with Crippen molar-refractivity contribution in [1.29, 1.82) is 0 Å². The van der Waals surface area contributed by atoms with Gasteiger partial charge >= 0.3 is 6.09 Å². The van der Waals surface area contributed by atoms with Gasteiger partial charge in [0.25, 0.3) is 0 Å². The summed E-state index contributed by atoms with van der Waals surface area (Å²) in [6.07, 6.45) is 0.837. The van der Waals surface area contributed by atoms with Crippen molar-refractivity contribution in [3.63, 3.8) is 0 Å². The molecule has 1 aromatic rings. The summed E-state index contributed by atoms with van der Waals surface area (Å²) in [4.78, 5) is 12.1. The third-order valence-corrected chi connectivity index (χ3v) is 4.73. The quantitative estimate of drug-likeness (QED) is 0.890. The molecular weight excluding hydrogens is 304 g/mol. The van der Waals surface area contributed by atoms with Gasteiger partial charge in [-0.15, -0.1) is 0 Å². The number of amides is 1. The number of hydrogen-bond acceptors (Lipinski definition) is 4. The third kappa shape index (κ3) is 3.90. The van der Waals surface area contributed by atoms with Crippen molar-refractivity contribution in [2.24, 2.45) is 5.92 Å². The maximum atomic E-state index is 12.1. The van der Waals surface area contributed by atoms with Crippen LogP contribution in [-0.4, -0.2) is 36.5 Å². The third-order valence-electron chi connectivity index (χ3n) is 4.73. The van der Waals surface area contributed by atoms with Gasteiger partial charge in [-0.1, -0.05) is 29.8 Å². The van der Waals surface area contributed by atoms with Crippen molar-refractivity contribution in [1.82, 2.24) is 10.6 Å². The largest absolute Gasteiger partial charge is 0.444 e. The fraction of sp³-hybridized carbons (Fsp3) is 0.632. The van der Waals surface area contributed by atoms with E-state index in [1.807, 2.05) is 20.8 Å². The molecule has 3 rings (SSSR count). The molecule has 1 saturated heterocycles. The molecule has 1 heterocycles. The number of fused-ring (bicyclic) bond motifs is 1. The summed E-state index contributed by atoms with van der Waals surface area (Å²) in [6.45, 7) is 9.25. The van der Waals surface area contributed by atoms with Gasteiger partial charge in [0.1, 0.15) is 5.60 Å².